The largest absolute Gasteiger partial charge is 0.456 e. The third-order valence-corrected chi connectivity index (χ3v) is 10.3. The molecular weight excluding hydrogens is 638 g/mol. The van der Waals surface area contributed by atoms with Crippen molar-refractivity contribution in [3.05, 3.63) is 169 Å². The molecule has 0 saturated carbocycles. The van der Waals surface area contributed by atoms with Crippen molar-refractivity contribution in [2.24, 2.45) is 0 Å². The van der Waals surface area contributed by atoms with Crippen LogP contribution in [0.1, 0.15) is 5.56 Å². The first-order chi connectivity index (χ1) is 25.0. The van der Waals surface area contributed by atoms with Gasteiger partial charge in [-0.05, 0) is 94.8 Å². The second-order valence-corrected chi connectivity index (χ2v) is 13.1. The number of ether oxygens (including phenoxy) is 1. The molecule has 0 atom stereocenters. The maximum Gasteiger partial charge on any atom is 0.416 e. The molecule has 0 aromatic heterocycles. The van der Waals surface area contributed by atoms with E-state index in [1.165, 1.54) is 44.3 Å². The zero-order valence-corrected chi connectivity index (χ0v) is 27.1. The first kappa shape index (κ1) is 29.5. The smallest absolute Gasteiger partial charge is 0.416 e. The Labute approximate surface area is 291 Å². The summed E-state index contributed by atoms with van der Waals surface area (Å²) in [7, 11) is 0. The Kier molecular flexibility index (Phi) is 6.40. The van der Waals surface area contributed by atoms with Crippen LogP contribution in [0.4, 0.5) is 13.2 Å². The minimum absolute atomic E-state index is 0.213. The van der Waals surface area contributed by atoms with Gasteiger partial charge in [0.05, 0.1) is 5.56 Å². The van der Waals surface area contributed by atoms with E-state index in [1.54, 1.807) is 0 Å². The van der Waals surface area contributed by atoms with Crippen LogP contribution in [0.2, 0.25) is 0 Å². The van der Waals surface area contributed by atoms with E-state index in [0.29, 0.717) is 11.3 Å². The number of hydrogen-bond donors (Lipinski definition) is 0. The maximum atomic E-state index is 13.6. The predicted octanol–water partition coefficient (Wildman–Crippen LogP) is 14.1. The number of rotatable bonds is 3. The zero-order chi connectivity index (χ0) is 34.3. The highest BCUT2D eigenvalue weighted by atomic mass is 19.4. The minimum atomic E-state index is -4.45. The molecule has 0 fully saturated rings. The van der Waals surface area contributed by atoms with E-state index in [0.717, 1.165) is 55.9 Å². The van der Waals surface area contributed by atoms with E-state index in [1.807, 2.05) is 18.2 Å². The molecule has 0 radical (unpaired) electrons. The van der Waals surface area contributed by atoms with Crippen molar-refractivity contribution in [1.82, 2.24) is 0 Å². The van der Waals surface area contributed by atoms with Crippen molar-refractivity contribution in [3.8, 4) is 56.0 Å². The molecule has 1 nitrogen and oxygen atoms in total. The topological polar surface area (TPSA) is 9.23 Å². The second-order valence-electron chi connectivity index (χ2n) is 13.1. The number of alkyl halides is 3. The molecule has 242 valence electrons. The van der Waals surface area contributed by atoms with Gasteiger partial charge in [0.2, 0.25) is 0 Å². The Morgan fingerprint density at radius 1 is 0.353 bits per heavy atom. The van der Waals surface area contributed by atoms with Crippen LogP contribution in [0, 0.1) is 0 Å². The molecule has 0 unspecified atom stereocenters. The lowest BCUT2D eigenvalue weighted by atomic mass is 9.83. The molecule has 0 N–H and O–H groups in total. The summed E-state index contributed by atoms with van der Waals surface area (Å²) in [6.07, 6.45) is -4.45. The summed E-state index contributed by atoms with van der Waals surface area (Å²) >= 11 is 0. The highest BCUT2D eigenvalue weighted by Crippen LogP contribution is 2.51. The van der Waals surface area contributed by atoms with Gasteiger partial charge in [0.1, 0.15) is 11.5 Å². The molecule has 0 spiro atoms. The predicted molar refractivity (Wildman–Crippen MR) is 203 cm³/mol. The van der Waals surface area contributed by atoms with Gasteiger partial charge in [0.25, 0.3) is 0 Å². The molecule has 51 heavy (non-hydrogen) atoms. The Hall–Kier alpha value is -6.39. The number of benzene rings is 9. The summed E-state index contributed by atoms with van der Waals surface area (Å²) in [6, 6.07) is 54.6. The van der Waals surface area contributed by atoms with Crippen LogP contribution in [-0.4, -0.2) is 0 Å². The van der Waals surface area contributed by atoms with Gasteiger partial charge in [0.15, 0.2) is 0 Å². The first-order valence-corrected chi connectivity index (χ1v) is 16.9. The van der Waals surface area contributed by atoms with Gasteiger partial charge in [0, 0.05) is 10.9 Å². The fraction of sp³-hybridized carbons (Fsp3) is 0.0213. The van der Waals surface area contributed by atoms with Gasteiger partial charge >= 0.3 is 6.18 Å². The Balaban J connectivity index is 1.21. The number of halogens is 3. The third kappa shape index (κ3) is 4.49. The summed E-state index contributed by atoms with van der Waals surface area (Å²) in [6.45, 7) is 0. The summed E-state index contributed by atoms with van der Waals surface area (Å²) in [4.78, 5) is 0. The molecule has 0 saturated heterocycles. The highest BCUT2D eigenvalue weighted by molar-refractivity contribution is 6.24. The van der Waals surface area contributed by atoms with Crippen molar-refractivity contribution in [2.75, 3.05) is 0 Å². The van der Waals surface area contributed by atoms with E-state index in [4.69, 9.17) is 4.74 Å². The van der Waals surface area contributed by atoms with Crippen LogP contribution < -0.4 is 4.74 Å². The van der Waals surface area contributed by atoms with E-state index < -0.39 is 11.7 Å². The standard InChI is InChI=1S/C47H27F3O/c48-47(49,50)29-21-22-34-41-26-24-33(35-19-10-20-42(46(35)41)51-43(34)27-29)32-23-25-40(31-14-5-4-13-30(31)32)45-38-17-8-6-15-36(38)44(28-11-2-1-3-12-28)37-16-7-9-18-39(37)45/h1-27H. The Morgan fingerprint density at radius 2 is 0.843 bits per heavy atom. The molecule has 1 heterocycles. The molecule has 0 aliphatic carbocycles. The second kappa shape index (κ2) is 11.1. The Morgan fingerprint density at radius 3 is 1.49 bits per heavy atom. The quantitative estimate of drug-likeness (QED) is 0.171. The third-order valence-electron chi connectivity index (χ3n) is 10.3. The monoisotopic (exact) mass is 664 g/mol. The van der Waals surface area contributed by atoms with Crippen LogP contribution in [0.5, 0.6) is 11.5 Å². The van der Waals surface area contributed by atoms with Gasteiger partial charge in [-0.25, -0.2) is 0 Å². The van der Waals surface area contributed by atoms with Crippen LogP contribution in [0.15, 0.2) is 164 Å². The van der Waals surface area contributed by atoms with Crippen LogP contribution in [-0.2, 0) is 6.18 Å². The molecule has 0 bridgehead atoms. The first-order valence-electron chi connectivity index (χ1n) is 16.9. The van der Waals surface area contributed by atoms with Crippen molar-refractivity contribution in [2.45, 2.75) is 6.18 Å². The van der Waals surface area contributed by atoms with Crippen LogP contribution in [0.3, 0.4) is 0 Å². The molecule has 4 heteroatoms. The van der Waals surface area contributed by atoms with E-state index in [-0.39, 0.29) is 5.75 Å². The van der Waals surface area contributed by atoms with Crippen molar-refractivity contribution >= 4 is 43.1 Å². The van der Waals surface area contributed by atoms with Gasteiger partial charge < -0.3 is 4.74 Å². The number of fused-ring (bicyclic) bond motifs is 5. The normalized spacial score (nSPS) is 12.4. The summed E-state index contributed by atoms with van der Waals surface area (Å²) in [5.74, 6) is 0.763. The molecule has 9 aromatic rings. The molecule has 9 aromatic carbocycles. The van der Waals surface area contributed by atoms with Gasteiger partial charge in [-0.2, -0.15) is 13.2 Å². The summed E-state index contributed by atoms with van der Waals surface area (Å²) < 4.78 is 46.9. The molecule has 1 aliphatic rings. The zero-order valence-electron chi connectivity index (χ0n) is 27.1. The van der Waals surface area contributed by atoms with Crippen LogP contribution in [0.25, 0.3) is 87.6 Å². The average molecular weight is 665 g/mol. The molecule has 10 rings (SSSR count). The lowest BCUT2D eigenvalue weighted by molar-refractivity contribution is -0.137. The van der Waals surface area contributed by atoms with Gasteiger partial charge in [-0.3, -0.25) is 0 Å². The Bertz CT molecular complexity index is 2810. The number of hydrogen-bond acceptors (Lipinski definition) is 1. The highest BCUT2D eigenvalue weighted by Gasteiger charge is 2.33. The molecule has 0 amide bonds. The van der Waals surface area contributed by atoms with Crippen LogP contribution >= 0.6 is 0 Å². The van der Waals surface area contributed by atoms with Crippen molar-refractivity contribution in [3.63, 3.8) is 0 Å². The van der Waals surface area contributed by atoms with E-state index >= 15 is 0 Å². The molecular formula is C47H27F3O. The van der Waals surface area contributed by atoms with Gasteiger partial charge in [-0.1, -0.05) is 146 Å². The van der Waals surface area contributed by atoms with Gasteiger partial charge in [-0.15, -0.1) is 0 Å². The van der Waals surface area contributed by atoms with E-state index in [2.05, 4.69) is 127 Å². The van der Waals surface area contributed by atoms with Crippen molar-refractivity contribution in [1.29, 1.82) is 0 Å². The fourth-order valence-electron chi connectivity index (χ4n) is 8.13. The lowest BCUT2D eigenvalue weighted by Crippen LogP contribution is -2.06. The maximum absolute atomic E-state index is 13.6. The summed E-state index contributed by atoms with van der Waals surface area (Å²) in [5, 5.41) is 8.93. The fourth-order valence-corrected chi connectivity index (χ4v) is 8.13. The SMILES string of the molecule is FC(F)(F)c1ccc2c(c1)Oc1cccc3c(-c4ccc(-c5c6ccccc6c(-c6ccccc6)c6ccccc56)c5ccccc45)ccc-2c13. The average Bonchev–Trinajstić information content (AvgIpc) is 3.16. The lowest BCUT2D eigenvalue weighted by Gasteiger charge is -2.24. The van der Waals surface area contributed by atoms with Crippen molar-refractivity contribution < 1.29 is 17.9 Å². The van der Waals surface area contributed by atoms with E-state index in [9.17, 15) is 13.2 Å². The minimum Gasteiger partial charge on any atom is -0.456 e. The molecule has 1 aliphatic heterocycles. The summed E-state index contributed by atoms with van der Waals surface area (Å²) in [5.41, 5.74) is 7.66.